The Bertz CT molecular complexity index is 609. The van der Waals surface area contributed by atoms with Gasteiger partial charge in [-0.1, -0.05) is 23.8 Å². The first-order valence-corrected chi connectivity index (χ1v) is 5.93. The third-order valence-electron chi connectivity index (χ3n) is 2.73. The summed E-state index contributed by atoms with van der Waals surface area (Å²) >= 11 is 0. The molecule has 0 aliphatic heterocycles. The zero-order valence-electron chi connectivity index (χ0n) is 10.7. The van der Waals surface area contributed by atoms with Crippen LogP contribution in [-0.4, -0.2) is 10.9 Å². The number of benzene rings is 2. The van der Waals surface area contributed by atoms with Crippen molar-refractivity contribution >= 4 is 5.84 Å². The van der Waals surface area contributed by atoms with E-state index in [0.29, 0.717) is 17.1 Å². The van der Waals surface area contributed by atoms with Crippen molar-refractivity contribution in [2.45, 2.75) is 13.5 Å². The lowest BCUT2D eigenvalue weighted by molar-refractivity contribution is 0.281. The van der Waals surface area contributed by atoms with Crippen molar-refractivity contribution < 1.29 is 9.84 Å². The van der Waals surface area contributed by atoms with Gasteiger partial charge in [-0.15, -0.1) is 0 Å². The minimum absolute atomic E-state index is 0.0305. The van der Waals surface area contributed by atoms with Gasteiger partial charge in [-0.25, -0.2) is 0 Å². The molecule has 0 radical (unpaired) electrons. The maximum atomic E-state index is 9.10. The molecule has 0 aliphatic carbocycles. The van der Waals surface area contributed by atoms with Gasteiger partial charge in [0.05, 0.1) is 12.2 Å². The Kier molecular flexibility index (Phi) is 3.82. The Labute approximate surface area is 112 Å². The first-order chi connectivity index (χ1) is 9.10. The SMILES string of the molecule is Cc1ccc(Oc2cccc(CO)c2)c(C(=N)N)c1. The van der Waals surface area contributed by atoms with Crippen molar-refractivity contribution in [2.24, 2.45) is 5.73 Å². The average molecular weight is 256 g/mol. The fourth-order valence-corrected chi connectivity index (χ4v) is 1.78. The van der Waals surface area contributed by atoms with Crippen LogP contribution in [0.2, 0.25) is 0 Å². The second-order valence-electron chi connectivity index (χ2n) is 4.32. The van der Waals surface area contributed by atoms with Crippen LogP contribution in [0.25, 0.3) is 0 Å². The van der Waals surface area contributed by atoms with Crippen molar-refractivity contribution in [1.82, 2.24) is 0 Å². The van der Waals surface area contributed by atoms with Crippen LogP contribution >= 0.6 is 0 Å². The van der Waals surface area contributed by atoms with Gasteiger partial charge in [0.2, 0.25) is 0 Å². The molecule has 0 atom stereocenters. The molecule has 0 amide bonds. The summed E-state index contributed by atoms with van der Waals surface area (Å²) < 4.78 is 5.74. The molecule has 0 spiro atoms. The highest BCUT2D eigenvalue weighted by molar-refractivity contribution is 5.97. The van der Waals surface area contributed by atoms with E-state index in [9.17, 15) is 0 Å². The quantitative estimate of drug-likeness (QED) is 0.581. The topological polar surface area (TPSA) is 79.3 Å². The molecule has 0 fully saturated rings. The second-order valence-corrected chi connectivity index (χ2v) is 4.32. The van der Waals surface area contributed by atoms with E-state index in [1.54, 1.807) is 18.2 Å². The van der Waals surface area contributed by atoms with Crippen LogP contribution < -0.4 is 10.5 Å². The number of ether oxygens (including phenoxy) is 1. The van der Waals surface area contributed by atoms with Crippen molar-refractivity contribution in [3.63, 3.8) is 0 Å². The van der Waals surface area contributed by atoms with Gasteiger partial charge in [0.1, 0.15) is 17.3 Å². The number of rotatable bonds is 4. The summed E-state index contributed by atoms with van der Waals surface area (Å²) in [6.45, 7) is 1.90. The van der Waals surface area contributed by atoms with Gasteiger partial charge in [0, 0.05) is 0 Å². The van der Waals surface area contributed by atoms with Gasteiger partial charge in [0.25, 0.3) is 0 Å². The lowest BCUT2D eigenvalue weighted by atomic mass is 10.1. The third-order valence-corrected chi connectivity index (χ3v) is 2.73. The predicted molar refractivity (Wildman–Crippen MR) is 74.6 cm³/mol. The number of nitrogen functional groups attached to an aromatic ring is 1. The fourth-order valence-electron chi connectivity index (χ4n) is 1.78. The van der Waals surface area contributed by atoms with Crippen LogP contribution in [0.4, 0.5) is 0 Å². The lowest BCUT2D eigenvalue weighted by Crippen LogP contribution is -2.12. The summed E-state index contributed by atoms with van der Waals surface area (Å²) in [4.78, 5) is 0. The molecule has 98 valence electrons. The van der Waals surface area contributed by atoms with Gasteiger partial charge < -0.3 is 15.6 Å². The monoisotopic (exact) mass is 256 g/mol. The van der Waals surface area contributed by atoms with Crippen LogP contribution in [0, 0.1) is 12.3 Å². The maximum absolute atomic E-state index is 9.10. The Morgan fingerprint density at radius 3 is 2.74 bits per heavy atom. The van der Waals surface area contributed by atoms with Gasteiger partial charge in [0.15, 0.2) is 0 Å². The van der Waals surface area contributed by atoms with Gasteiger partial charge in [-0.3, -0.25) is 5.41 Å². The number of aliphatic hydroxyl groups excluding tert-OH is 1. The number of nitrogens with two attached hydrogens (primary N) is 1. The molecule has 19 heavy (non-hydrogen) atoms. The molecule has 2 rings (SSSR count). The normalized spacial score (nSPS) is 10.2. The summed E-state index contributed by atoms with van der Waals surface area (Å²) in [6, 6.07) is 12.7. The average Bonchev–Trinajstić information content (AvgIpc) is 2.41. The van der Waals surface area contributed by atoms with Gasteiger partial charge >= 0.3 is 0 Å². The number of nitrogens with one attached hydrogen (secondary N) is 1. The molecule has 2 aromatic carbocycles. The molecular formula is C15H16N2O2. The van der Waals surface area contributed by atoms with E-state index in [0.717, 1.165) is 11.1 Å². The van der Waals surface area contributed by atoms with Crippen LogP contribution in [0.1, 0.15) is 16.7 Å². The zero-order valence-corrected chi connectivity index (χ0v) is 10.7. The van der Waals surface area contributed by atoms with E-state index in [2.05, 4.69) is 0 Å². The molecule has 0 aromatic heterocycles. The standard InChI is InChI=1S/C15H16N2O2/c1-10-5-6-14(13(7-10)15(16)17)19-12-4-2-3-11(8-12)9-18/h2-8,18H,9H2,1H3,(H3,16,17). The Hall–Kier alpha value is -2.33. The van der Waals surface area contributed by atoms with E-state index in [4.69, 9.17) is 21.0 Å². The molecule has 0 bridgehead atoms. The summed E-state index contributed by atoms with van der Waals surface area (Å²) in [5.74, 6) is 1.11. The highest BCUT2D eigenvalue weighted by atomic mass is 16.5. The summed E-state index contributed by atoms with van der Waals surface area (Å²) in [6.07, 6.45) is 0. The van der Waals surface area contributed by atoms with E-state index in [-0.39, 0.29) is 12.4 Å². The molecule has 4 N–H and O–H groups in total. The zero-order chi connectivity index (χ0) is 13.8. The predicted octanol–water partition coefficient (Wildman–Crippen LogP) is 2.56. The Balaban J connectivity index is 2.34. The first kappa shape index (κ1) is 13.1. The van der Waals surface area contributed by atoms with Crippen molar-refractivity contribution in [1.29, 1.82) is 5.41 Å². The fraction of sp³-hybridized carbons (Fsp3) is 0.133. The largest absolute Gasteiger partial charge is 0.457 e. The molecule has 4 nitrogen and oxygen atoms in total. The number of aryl methyl sites for hydroxylation is 1. The molecule has 0 saturated carbocycles. The number of hydrogen-bond donors (Lipinski definition) is 3. The molecular weight excluding hydrogens is 240 g/mol. The van der Waals surface area contributed by atoms with Crippen LogP contribution in [-0.2, 0) is 6.61 Å². The lowest BCUT2D eigenvalue weighted by Gasteiger charge is -2.11. The second kappa shape index (κ2) is 5.54. The smallest absolute Gasteiger partial charge is 0.138 e. The van der Waals surface area contributed by atoms with E-state index >= 15 is 0 Å². The molecule has 0 unspecified atom stereocenters. The minimum atomic E-state index is -0.0370. The third kappa shape index (κ3) is 3.11. The van der Waals surface area contributed by atoms with Crippen LogP contribution in [0.5, 0.6) is 11.5 Å². The summed E-state index contributed by atoms with van der Waals surface area (Å²) in [7, 11) is 0. The first-order valence-electron chi connectivity index (χ1n) is 5.93. The Morgan fingerprint density at radius 1 is 1.26 bits per heavy atom. The van der Waals surface area contributed by atoms with E-state index < -0.39 is 0 Å². The van der Waals surface area contributed by atoms with Crippen LogP contribution in [0.3, 0.4) is 0 Å². The van der Waals surface area contributed by atoms with Crippen molar-refractivity contribution in [2.75, 3.05) is 0 Å². The van der Waals surface area contributed by atoms with Gasteiger partial charge in [-0.2, -0.15) is 0 Å². The summed E-state index contributed by atoms with van der Waals surface area (Å²) in [5, 5.41) is 16.7. The number of hydrogen-bond acceptors (Lipinski definition) is 3. The highest BCUT2D eigenvalue weighted by Gasteiger charge is 2.08. The molecule has 4 heteroatoms. The number of amidine groups is 1. The number of aliphatic hydroxyl groups is 1. The van der Waals surface area contributed by atoms with Crippen molar-refractivity contribution in [3.8, 4) is 11.5 Å². The Morgan fingerprint density at radius 2 is 2.05 bits per heavy atom. The molecule has 0 aliphatic rings. The maximum Gasteiger partial charge on any atom is 0.138 e. The highest BCUT2D eigenvalue weighted by Crippen LogP contribution is 2.26. The van der Waals surface area contributed by atoms with Gasteiger partial charge in [-0.05, 0) is 36.8 Å². The van der Waals surface area contributed by atoms with Crippen LogP contribution in [0.15, 0.2) is 42.5 Å². The molecule has 0 saturated heterocycles. The van der Waals surface area contributed by atoms with E-state index in [1.165, 1.54) is 0 Å². The minimum Gasteiger partial charge on any atom is -0.457 e. The van der Waals surface area contributed by atoms with E-state index in [1.807, 2.05) is 31.2 Å². The molecule has 2 aromatic rings. The van der Waals surface area contributed by atoms with Crippen molar-refractivity contribution in [3.05, 3.63) is 59.2 Å². The summed E-state index contributed by atoms with van der Waals surface area (Å²) in [5.41, 5.74) is 7.91. The molecule has 0 heterocycles.